The molecule has 0 spiro atoms. The molecule has 2 heterocycles. The summed E-state index contributed by atoms with van der Waals surface area (Å²) in [5.74, 6) is 0.846. The van der Waals surface area contributed by atoms with E-state index in [0.29, 0.717) is 0 Å². The van der Waals surface area contributed by atoms with Crippen LogP contribution in [0.4, 0.5) is 5.00 Å². The van der Waals surface area contributed by atoms with Crippen LogP contribution in [-0.4, -0.2) is 12.1 Å². The molecule has 1 aromatic heterocycles. The van der Waals surface area contributed by atoms with E-state index in [-0.39, 0.29) is 12.1 Å². The van der Waals surface area contributed by atoms with E-state index in [1.807, 2.05) is 18.2 Å². The molecule has 1 aromatic carbocycles. The van der Waals surface area contributed by atoms with Crippen molar-refractivity contribution in [1.82, 2.24) is 5.32 Å². The van der Waals surface area contributed by atoms with Gasteiger partial charge in [0.15, 0.2) is 0 Å². The summed E-state index contributed by atoms with van der Waals surface area (Å²) in [6.07, 6.45) is 6.59. The molecule has 0 bridgehead atoms. The van der Waals surface area contributed by atoms with Crippen LogP contribution in [0, 0.1) is 5.92 Å². The molecule has 1 aliphatic heterocycles. The Morgan fingerprint density at radius 3 is 2.84 bits per heavy atom. The highest BCUT2D eigenvalue weighted by atomic mass is 32.1. The number of carbonyl (C=O) groups excluding carboxylic acids is 1. The minimum atomic E-state index is -0.137. The lowest BCUT2D eigenvalue weighted by Gasteiger charge is -2.27. The molecule has 3 nitrogen and oxygen atoms in total. The number of hydrogen-bond donors (Lipinski definition) is 2. The van der Waals surface area contributed by atoms with E-state index in [9.17, 15) is 4.79 Å². The van der Waals surface area contributed by atoms with Gasteiger partial charge in [-0.3, -0.25) is 4.79 Å². The molecule has 1 aliphatic carbocycles. The van der Waals surface area contributed by atoms with Gasteiger partial charge in [0.05, 0.1) is 5.56 Å². The molecule has 0 fully saturated rings. The first-order valence-electron chi connectivity index (χ1n) is 9.11. The number of thiophene rings is 1. The van der Waals surface area contributed by atoms with Gasteiger partial charge in [0, 0.05) is 4.88 Å². The van der Waals surface area contributed by atoms with E-state index in [2.05, 4.69) is 42.7 Å². The summed E-state index contributed by atoms with van der Waals surface area (Å²) >= 11 is 1.79. The molecule has 130 valence electrons. The fourth-order valence-electron chi connectivity index (χ4n) is 3.84. The van der Waals surface area contributed by atoms with Crippen molar-refractivity contribution in [3.63, 3.8) is 0 Å². The maximum Gasteiger partial charge on any atom is 0.256 e. The predicted octanol–water partition coefficient (Wildman–Crippen LogP) is 4.85. The third kappa shape index (κ3) is 3.11. The molecule has 2 atom stereocenters. The average Bonchev–Trinajstić information content (AvgIpc) is 3.00. The summed E-state index contributed by atoms with van der Waals surface area (Å²) in [4.78, 5) is 14.2. The van der Waals surface area contributed by atoms with Gasteiger partial charge in [-0.05, 0) is 48.8 Å². The Morgan fingerprint density at radius 1 is 1.28 bits per heavy atom. The van der Waals surface area contributed by atoms with Gasteiger partial charge >= 0.3 is 0 Å². The third-order valence-corrected chi connectivity index (χ3v) is 6.56. The molecule has 2 aromatic rings. The van der Waals surface area contributed by atoms with Crippen molar-refractivity contribution in [3.05, 3.63) is 57.5 Å². The van der Waals surface area contributed by atoms with Gasteiger partial charge in [0.25, 0.3) is 5.91 Å². The van der Waals surface area contributed by atoms with Gasteiger partial charge in [-0.15, -0.1) is 11.3 Å². The molecule has 2 N–H and O–H groups in total. The number of rotatable bonds is 3. The Morgan fingerprint density at radius 2 is 2.08 bits per heavy atom. The van der Waals surface area contributed by atoms with Gasteiger partial charge in [-0.1, -0.05) is 49.8 Å². The lowest BCUT2D eigenvalue weighted by atomic mass is 9.85. The minimum absolute atomic E-state index is 0.0759. The van der Waals surface area contributed by atoms with Crippen molar-refractivity contribution in [1.29, 1.82) is 0 Å². The van der Waals surface area contributed by atoms with Crippen LogP contribution in [0.25, 0.3) is 6.08 Å². The second-order valence-corrected chi connectivity index (χ2v) is 8.18. The predicted molar refractivity (Wildman–Crippen MR) is 105 cm³/mol. The number of fused-ring (bicyclic) bond motifs is 3. The molecule has 4 heteroatoms. The summed E-state index contributed by atoms with van der Waals surface area (Å²) in [7, 11) is 0. The lowest BCUT2D eigenvalue weighted by molar-refractivity contribution is 0.0941. The van der Waals surface area contributed by atoms with Crippen molar-refractivity contribution in [2.75, 3.05) is 5.32 Å². The zero-order chi connectivity index (χ0) is 17.4. The number of benzene rings is 1. The molecule has 0 saturated carbocycles. The van der Waals surface area contributed by atoms with E-state index in [0.717, 1.165) is 40.5 Å². The standard InChI is InChI=1S/C21H24N2OS/c1-3-14-9-10-16-17(12-14)25-21-18(16)20(24)22-19(23-21)13(2)11-15-7-5-4-6-8-15/h4-8,11,14,19,23H,3,9-10,12H2,1-2H3,(H,22,24). The Bertz CT molecular complexity index is 822. The quantitative estimate of drug-likeness (QED) is 0.829. The highest BCUT2D eigenvalue weighted by molar-refractivity contribution is 7.16. The first kappa shape index (κ1) is 16.4. The van der Waals surface area contributed by atoms with Crippen LogP contribution in [0.5, 0.6) is 0 Å². The number of nitrogens with one attached hydrogen (secondary N) is 2. The fraction of sp³-hybridized carbons (Fsp3) is 0.381. The van der Waals surface area contributed by atoms with E-state index >= 15 is 0 Å². The maximum atomic E-state index is 12.8. The maximum absolute atomic E-state index is 12.8. The van der Waals surface area contributed by atoms with Crippen LogP contribution in [0.2, 0.25) is 0 Å². The van der Waals surface area contributed by atoms with Crippen molar-refractivity contribution < 1.29 is 4.79 Å². The van der Waals surface area contributed by atoms with E-state index in [1.165, 1.54) is 23.3 Å². The van der Waals surface area contributed by atoms with Crippen molar-refractivity contribution >= 4 is 28.3 Å². The molecule has 1 amide bonds. The Hall–Kier alpha value is -2.07. The Kier molecular flexibility index (Phi) is 4.38. The van der Waals surface area contributed by atoms with Crippen LogP contribution >= 0.6 is 11.3 Å². The van der Waals surface area contributed by atoms with Crippen molar-refractivity contribution in [3.8, 4) is 0 Å². The SMILES string of the molecule is CCC1CCc2c(sc3c2C(=O)NC(C(C)=Cc2ccccc2)N3)C1. The van der Waals surface area contributed by atoms with E-state index in [1.54, 1.807) is 11.3 Å². The zero-order valence-electron chi connectivity index (χ0n) is 14.8. The minimum Gasteiger partial charge on any atom is -0.353 e. The van der Waals surface area contributed by atoms with Gasteiger partial charge in [-0.25, -0.2) is 0 Å². The summed E-state index contributed by atoms with van der Waals surface area (Å²) < 4.78 is 0. The van der Waals surface area contributed by atoms with Gasteiger partial charge in [0.1, 0.15) is 11.2 Å². The molecule has 2 unspecified atom stereocenters. The summed E-state index contributed by atoms with van der Waals surface area (Å²) in [6, 6.07) is 10.2. The number of amides is 1. The van der Waals surface area contributed by atoms with Crippen LogP contribution in [0.15, 0.2) is 35.9 Å². The second-order valence-electron chi connectivity index (χ2n) is 7.07. The Balaban J connectivity index is 1.61. The lowest BCUT2D eigenvalue weighted by Crippen LogP contribution is -2.45. The molecule has 0 radical (unpaired) electrons. The highest BCUT2D eigenvalue weighted by Crippen LogP contribution is 2.42. The molecule has 25 heavy (non-hydrogen) atoms. The molecule has 4 rings (SSSR count). The van der Waals surface area contributed by atoms with Crippen LogP contribution in [0.3, 0.4) is 0 Å². The summed E-state index contributed by atoms with van der Waals surface area (Å²) in [5.41, 5.74) is 4.46. The van der Waals surface area contributed by atoms with Gasteiger partial charge < -0.3 is 10.6 Å². The topological polar surface area (TPSA) is 41.1 Å². The number of anilines is 1. The van der Waals surface area contributed by atoms with E-state index in [4.69, 9.17) is 0 Å². The third-order valence-electron chi connectivity index (χ3n) is 5.37. The fourth-order valence-corrected chi connectivity index (χ4v) is 5.23. The normalized spacial score (nSPS) is 22.6. The molecular formula is C21H24N2OS. The molecule has 0 saturated heterocycles. The molecule has 2 aliphatic rings. The van der Waals surface area contributed by atoms with Crippen LogP contribution < -0.4 is 10.6 Å². The zero-order valence-corrected chi connectivity index (χ0v) is 15.6. The first-order chi connectivity index (χ1) is 12.2. The van der Waals surface area contributed by atoms with Crippen molar-refractivity contribution in [2.45, 2.75) is 45.7 Å². The monoisotopic (exact) mass is 352 g/mol. The second kappa shape index (κ2) is 6.68. The van der Waals surface area contributed by atoms with Crippen LogP contribution in [-0.2, 0) is 12.8 Å². The van der Waals surface area contributed by atoms with Gasteiger partial charge in [0.2, 0.25) is 0 Å². The smallest absolute Gasteiger partial charge is 0.256 e. The largest absolute Gasteiger partial charge is 0.353 e. The van der Waals surface area contributed by atoms with Gasteiger partial charge in [-0.2, -0.15) is 0 Å². The first-order valence-corrected chi connectivity index (χ1v) is 9.92. The van der Waals surface area contributed by atoms with Crippen molar-refractivity contribution in [2.24, 2.45) is 5.92 Å². The average molecular weight is 353 g/mol. The number of hydrogen-bond acceptors (Lipinski definition) is 3. The Labute approximate surface area is 153 Å². The summed E-state index contributed by atoms with van der Waals surface area (Å²) in [5, 5.41) is 7.75. The number of carbonyl (C=O) groups is 1. The highest BCUT2D eigenvalue weighted by Gasteiger charge is 2.33. The molecular weight excluding hydrogens is 328 g/mol. The van der Waals surface area contributed by atoms with E-state index < -0.39 is 0 Å². The van der Waals surface area contributed by atoms with Crippen LogP contribution in [0.1, 0.15) is 53.1 Å². The summed E-state index contributed by atoms with van der Waals surface area (Å²) in [6.45, 7) is 4.33.